The van der Waals surface area contributed by atoms with E-state index in [9.17, 15) is 14.4 Å². The van der Waals surface area contributed by atoms with Crippen LogP contribution in [0, 0.1) is 34.0 Å². The molecule has 0 aliphatic rings. The summed E-state index contributed by atoms with van der Waals surface area (Å²) in [6.07, 6.45) is 1.10. The average Bonchev–Trinajstić information content (AvgIpc) is 2.97. The van der Waals surface area contributed by atoms with Gasteiger partial charge in [-0.1, -0.05) is 36.4 Å². The molecule has 3 aromatic carbocycles. The van der Waals surface area contributed by atoms with Crippen molar-refractivity contribution < 1.29 is 0 Å². The van der Waals surface area contributed by atoms with E-state index < -0.39 is 17.1 Å². The lowest BCUT2D eigenvalue weighted by Crippen LogP contribution is -2.55. The standard InChI is InChI=1S/C30H24N6O3/c31-19-25-7-1-22(2-8-25)13-16-34-28(37)35(17-14-23-3-9-26(20-32)10-4-23)30(39)36(29(34)38)18-15-24-5-11-27(21-33)12-6-24/h1-12H,13-18H2. The second-order valence-corrected chi connectivity index (χ2v) is 8.98. The summed E-state index contributed by atoms with van der Waals surface area (Å²) >= 11 is 0. The molecule has 1 heterocycles. The number of aromatic nitrogens is 3. The van der Waals surface area contributed by atoms with Crippen LogP contribution in [0.1, 0.15) is 33.4 Å². The molecule has 0 amide bonds. The Labute approximate surface area is 224 Å². The van der Waals surface area contributed by atoms with Gasteiger partial charge in [0.15, 0.2) is 0 Å². The lowest BCUT2D eigenvalue weighted by atomic mass is 10.1. The average molecular weight is 517 g/mol. The van der Waals surface area contributed by atoms with Crippen LogP contribution in [0.4, 0.5) is 0 Å². The van der Waals surface area contributed by atoms with Crippen LogP contribution in [0.5, 0.6) is 0 Å². The molecule has 4 aromatic rings. The third-order valence-electron chi connectivity index (χ3n) is 6.51. The van der Waals surface area contributed by atoms with Crippen LogP contribution in [0.25, 0.3) is 0 Å². The third kappa shape index (κ3) is 6.28. The summed E-state index contributed by atoms with van der Waals surface area (Å²) in [5.41, 5.74) is 2.04. The zero-order chi connectivity index (χ0) is 27.8. The Morgan fingerprint density at radius 1 is 0.436 bits per heavy atom. The van der Waals surface area contributed by atoms with Crippen molar-refractivity contribution in [3.05, 3.63) is 138 Å². The van der Waals surface area contributed by atoms with E-state index in [0.29, 0.717) is 36.0 Å². The van der Waals surface area contributed by atoms with E-state index in [0.717, 1.165) is 30.4 Å². The predicted octanol–water partition coefficient (Wildman–Crippen LogP) is 2.51. The second-order valence-electron chi connectivity index (χ2n) is 8.98. The molecule has 9 heteroatoms. The number of aryl methyl sites for hydroxylation is 3. The van der Waals surface area contributed by atoms with Gasteiger partial charge in [-0.15, -0.1) is 0 Å². The Morgan fingerprint density at radius 2 is 0.667 bits per heavy atom. The Morgan fingerprint density at radius 3 is 0.872 bits per heavy atom. The summed E-state index contributed by atoms with van der Waals surface area (Å²) in [4.78, 5) is 40.0. The molecule has 0 saturated carbocycles. The quantitative estimate of drug-likeness (QED) is 0.335. The highest BCUT2D eigenvalue weighted by molar-refractivity contribution is 5.33. The van der Waals surface area contributed by atoms with E-state index in [-0.39, 0.29) is 19.6 Å². The van der Waals surface area contributed by atoms with Gasteiger partial charge in [0, 0.05) is 19.6 Å². The number of hydrogen-bond acceptors (Lipinski definition) is 6. The minimum absolute atomic E-state index is 0.0670. The van der Waals surface area contributed by atoms with Gasteiger partial charge in [-0.05, 0) is 72.4 Å². The van der Waals surface area contributed by atoms with Gasteiger partial charge in [0.2, 0.25) is 0 Å². The molecule has 0 unspecified atom stereocenters. The van der Waals surface area contributed by atoms with Gasteiger partial charge >= 0.3 is 17.1 Å². The van der Waals surface area contributed by atoms with E-state index >= 15 is 0 Å². The van der Waals surface area contributed by atoms with Crippen LogP contribution in [0.3, 0.4) is 0 Å². The van der Waals surface area contributed by atoms with Crippen LogP contribution < -0.4 is 17.1 Å². The Balaban J connectivity index is 1.66. The van der Waals surface area contributed by atoms with Gasteiger partial charge in [0.05, 0.1) is 34.9 Å². The van der Waals surface area contributed by atoms with E-state index in [4.69, 9.17) is 15.8 Å². The molecule has 0 aliphatic heterocycles. The lowest BCUT2D eigenvalue weighted by Gasteiger charge is -2.14. The van der Waals surface area contributed by atoms with Crippen molar-refractivity contribution in [3.63, 3.8) is 0 Å². The third-order valence-corrected chi connectivity index (χ3v) is 6.51. The van der Waals surface area contributed by atoms with Crippen molar-refractivity contribution in [1.29, 1.82) is 15.8 Å². The van der Waals surface area contributed by atoms with Crippen molar-refractivity contribution >= 4 is 0 Å². The number of nitriles is 3. The molecular weight excluding hydrogens is 492 g/mol. The second kappa shape index (κ2) is 12.2. The lowest BCUT2D eigenvalue weighted by molar-refractivity contribution is 0.445. The maximum atomic E-state index is 13.3. The normalized spacial score (nSPS) is 10.4. The van der Waals surface area contributed by atoms with Gasteiger partial charge in [-0.25, -0.2) is 28.1 Å². The molecule has 0 radical (unpaired) electrons. The molecule has 0 fully saturated rings. The molecule has 0 saturated heterocycles. The topological polar surface area (TPSA) is 137 Å². The maximum Gasteiger partial charge on any atom is 0.336 e. The first-order chi connectivity index (χ1) is 18.9. The zero-order valence-corrected chi connectivity index (χ0v) is 21.1. The van der Waals surface area contributed by atoms with Gasteiger partial charge < -0.3 is 0 Å². The fraction of sp³-hybridized carbons (Fsp3) is 0.200. The molecule has 0 aliphatic carbocycles. The van der Waals surface area contributed by atoms with E-state index in [1.54, 1.807) is 72.8 Å². The summed E-state index contributed by atoms with van der Waals surface area (Å²) < 4.78 is 3.24. The monoisotopic (exact) mass is 516 g/mol. The van der Waals surface area contributed by atoms with E-state index in [1.165, 1.54) is 0 Å². The molecule has 192 valence electrons. The van der Waals surface area contributed by atoms with Crippen LogP contribution in [0.2, 0.25) is 0 Å². The van der Waals surface area contributed by atoms with Crippen molar-refractivity contribution in [2.75, 3.05) is 0 Å². The summed E-state index contributed by atoms with van der Waals surface area (Å²) in [6, 6.07) is 26.8. The molecule has 0 spiro atoms. The molecule has 4 rings (SSSR count). The highest BCUT2D eigenvalue weighted by Gasteiger charge is 2.16. The summed E-state index contributed by atoms with van der Waals surface area (Å²) in [7, 11) is 0. The first kappa shape index (κ1) is 26.6. The van der Waals surface area contributed by atoms with Crippen LogP contribution in [-0.4, -0.2) is 13.7 Å². The summed E-state index contributed by atoms with van der Waals surface area (Å²) in [5, 5.41) is 27.0. The van der Waals surface area contributed by atoms with Crippen LogP contribution in [-0.2, 0) is 38.9 Å². The van der Waals surface area contributed by atoms with Crippen molar-refractivity contribution in [1.82, 2.24) is 13.7 Å². The first-order valence-electron chi connectivity index (χ1n) is 12.3. The van der Waals surface area contributed by atoms with Crippen LogP contribution in [0.15, 0.2) is 87.2 Å². The Bertz CT molecular complexity index is 1530. The van der Waals surface area contributed by atoms with E-state index in [1.807, 2.05) is 0 Å². The number of nitrogens with zero attached hydrogens (tertiary/aromatic N) is 6. The van der Waals surface area contributed by atoms with Gasteiger partial charge in [0.25, 0.3) is 0 Å². The summed E-state index contributed by atoms with van der Waals surface area (Å²) in [5.74, 6) is 0. The minimum Gasteiger partial charge on any atom is -0.247 e. The number of rotatable bonds is 9. The molecule has 0 N–H and O–H groups in total. The van der Waals surface area contributed by atoms with Crippen LogP contribution >= 0.6 is 0 Å². The minimum atomic E-state index is -0.679. The Hall–Kier alpha value is -5.46. The zero-order valence-electron chi connectivity index (χ0n) is 21.1. The molecule has 1 aromatic heterocycles. The van der Waals surface area contributed by atoms with Crippen molar-refractivity contribution in [3.8, 4) is 18.2 Å². The largest absolute Gasteiger partial charge is 0.336 e. The Kier molecular flexibility index (Phi) is 8.31. The molecule has 0 atom stereocenters. The number of benzene rings is 3. The fourth-order valence-corrected chi connectivity index (χ4v) is 4.22. The smallest absolute Gasteiger partial charge is 0.247 e. The molecule has 39 heavy (non-hydrogen) atoms. The SMILES string of the molecule is N#Cc1ccc(CCn2c(=O)n(CCc3ccc(C#N)cc3)c(=O)n(CCc3ccc(C#N)cc3)c2=O)cc1. The predicted molar refractivity (Wildman–Crippen MR) is 144 cm³/mol. The van der Waals surface area contributed by atoms with E-state index in [2.05, 4.69) is 18.2 Å². The molecule has 9 nitrogen and oxygen atoms in total. The maximum absolute atomic E-state index is 13.3. The fourth-order valence-electron chi connectivity index (χ4n) is 4.22. The van der Waals surface area contributed by atoms with Gasteiger partial charge in [0.1, 0.15) is 0 Å². The van der Waals surface area contributed by atoms with Gasteiger partial charge in [-0.2, -0.15) is 15.8 Å². The highest BCUT2D eigenvalue weighted by Crippen LogP contribution is 2.07. The first-order valence-corrected chi connectivity index (χ1v) is 12.3. The summed E-state index contributed by atoms with van der Waals surface area (Å²) in [6.45, 7) is 0.201. The van der Waals surface area contributed by atoms with Gasteiger partial charge in [-0.3, -0.25) is 0 Å². The van der Waals surface area contributed by atoms with Crippen molar-refractivity contribution in [2.24, 2.45) is 0 Å². The molecule has 0 bridgehead atoms. The number of hydrogen-bond donors (Lipinski definition) is 0. The highest BCUT2D eigenvalue weighted by atomic mass is 16.2. The van der Waals surface area contributed by atoms with Crippen molar-refractivity contribution in [2.45, 2.75) is 38.9 Å². The molecular formula is C30H24N6O3.